The molecule has 0 atom stereocenters. The van der Waals surface area contributed by atoms with Crippen LogP contribution in [0.5, 0.6) is 17.2 Å². The van der Waals surface area contributed by atoms with Gasteiger partial charge >= 0.3 is 0 Å². The molecule has 4 nitrogen and oxygen atoms in total. The first-order valence-electron chi connectivity index (χ1n) is 5.98. The Bertz CT molecular complexity index is 576. The van der Waals surface area contributed by atoms with Gasteiger partial charge in [-0.2, -0.15) is 0 Å². The molecule has 0 aromatic heterocycles. The standard InChI is InChI=1S/C15H15NO3/c1-2-19-13-6-4-12(5-7-13)16-10-11-3-8-14(17)15(18)9-11/h3-10,17-18H,2H2,1H3. The van der Waals surface area contributed by atoms with Gasteiger partial charge in [-0.25, -0.2) is 0 Å². The van der Waals surface area contributed by atoms with Crippen LogP contribution < -0.4 is 4.74 Å². The Hall–Kier alpha value is -2.49. The van der Waals surface area contributed by atoms with Crippen LogP contribution in [0.1, 0.15) is 12.5 Å². The monoisotopic (exact) mass is 257 g/mol. The van der Waals surface area contributed by atoms with Crippen LogP contribution in [0.4, 0.5) is 5.69 Å². The van der Waals surface area contributed by atoms with Gasteiger partial charge < -0.3 is 14.9 Å². The van der Waals surface area contributed by atoms with E-state index in [9.17, 15) is 10.2 Å². The normalized spacial score (nSPS) is 10.8. The van der Waals surface area contributed by atoms with E-state index >= 15 is 0 Å². The Morgan fingerprint density at radius 3 is 2.42 bits per heavy atom. The van der Waals surface area contributed by atoms with Crippen molar-refractivity contribution in [1.29, 1.82) is 0 Å². The maximum absolute atomic E-state index is 9.36. The van der Waals surface area contributed by atoms with Crippen LogP contribution in [0.3, 0.4) is 0 Å². The molecule has 0 aliphatic heterocycles. The molecule has 0 saturated carbocycles. The Morgan fingerprint density at radius 1 is 1.05 bits per heavy atom. The van der Waals surface area contributed by atoms with Crippen LogP contribution in [-0.4, -0.2) is 23.0 Å². The van der Waals surface area contributed by atoms with Crippen molar-refractivity contribution in [3.05, 3.63) is 48.0 Å². The predicted molar refractivity (Wildman–Crippen MR) is 74.6 cm³/mol. The van der Waals surface area contributed by atoms with Crippen molar-refractivity contribution in [2.45, 2.75) is 6.92 Å². The third-order valence-electron chi connectivity index (χ3n) is 2.51. The summed E-state index contributed by atoms with van der Waals surface area (Å²) in [4.78, 5) is 4.28. The van der Waals surface area contributed by atoms with Gasteiger partial charge in [0.05, 0.1) is 12.3 Å². The van der Waals surface area contributed by atoms with Crippen LogP contribution >= 0.6 is 0 Å². The molecule has 19 heavy (non-hydrogen) atoms. The van der Waals surface area contributed by atoms with Crippen molar-refractivity contribution < 1.29 is 14.9 Å². The van der Waals surface area contributed by atoms with Gasteiger partial charge in [-0.3, -0.25) is 4.99 Å². The zero-order chi connectivity index (χ0) is 13.7. The van der Waals surface area contributed by atoms with E-state index in [-0.39, 0.29) is 11.5 Å². The molecule has 0 fully saturated rings. The first kappa shape index (κ1) is 13.0. The molecule has 0 amide bonds. The van der Waals surface area contributed by atoms with E-state index in [1.165, 1.54) is 12.1 Å². The molecule has 0 radical (unpaired) electrons. The molecule has 2 N–H and O–H groups in total. The van der Waals surface area contributed by atoms with Gasteiger partial charge in [-0.15, -0.1) is 0 Å². The highest BCUT2D eigenvalue weighted by Gasteiger charge is 1.98. The quantitative estimate of drug-likeness (QED) is 0.653. The fourth-order valence-corrected chi connectivity index (χ4v) is 1.56. The maximum atomic E-state index is 9.36. The van der Waals surface area contributed by atoms with Crippen molar-refractivity contribution in [1.82, 2.24) is 0 Å². The molecular formula is C15H15NO3. The summed E-state index contributed by atoms with van der Waals surface area (Å²) >= 11 is 0. The van der Waals surface area contributed by atoms with Crippen LogP contribution in [0.25, 0.3) is 0 Å². The van der Waals surface area contributed by atoms with Crippen LogP contribution in [0.15, 0.2) is 47.5 Å². The van der Waals surface area contributed by atoms with Crippen molar-refractivity contribution >= 4 is 11.9 Å². The Balaban J connectivity index is 2.11. The molecule has 98 valence electrons. The number of ether oxygens (including phenoxy) is 1. The van der Waals surface area contributed by atoms with Gasteiger partial charge in [0.25, 0.3) is 0 Å². The van der Waals surface area contributed by atoms with Crippen LogP contribution in [0.2, 0.25) is 0 Å². The Morgan fingerprint density at radius 2 is 1.79 bits per heavy atom. The molecule has 0 spiro atoms. The molecular weight excluding hydrogens is 242 g/mol. The lowest BCUT2D eigenvalue weighted by molar-refractivity contribution is 0.340. The van der Waals surface area contributed by atoms with Crippen molar-refractivity contribution in [3.8, 4) is 17.2 Å². The van der Waals surface area contributed by atoms with E-state index < -0.39 is 0 Å². The number of nitrogens with zero attached hydrogens (tertiary/aromatic N) is 1. The number of hydrogen-bond acceptors (Lipinski definition) is 4. The van der Waals surface area contributed by atoms with E-state index in [0.717, 1.165) is 11.4 Å². The van der Waals surface area contributed by atoms with Gasteiger partial charge in [-0.1, -0.05) is 0 Å². The third kappa shape index (κ3) is 3.48. The summed E-state index contributed by atoms with van der Waals surface area (Å²) in [5.41, 5.74) is 1.50. The lowest BCUT2D eigenvalue weighted by atomic mass is 10.2. The second kappa shape index (κ2) is 5.91. The minimum Gasteiger partial charge on any atom is -0.504 e. The topological polar surface area (TPSA) is 62.0 Å². The van der Waals surface area contributed by atoms with Crippen molar-refractivity contribution in [2.75, 3.05) is 6.61 Å². The molecule has 0 heterocycles. The average molecular weight is 257 g/mol. The van der Waals surface area contributed by atoms with E-state index in [1.807, 2.05) is 31.2 Å². The molecule has 0 saturated heterocycles. The molecule has 2 aromatic carbocycles. The number of hydrogen-bond donors (Lipinski definition) is 2. The summed E-state index contributed by atoms with van der Waals surface area (Å²) in [6, 6.07) is 12.0. The van der Waals surface area contributed by atoms with E-state index in [4.69, 9.17) is 4.74 Å². The third-order valence-corrected chi connectivity index (χ3v) is 2.51. The number of aromatic hydroxyl groups is 2. The van der Waals surface area contributed by atoms with E-state index in [1.54, 1.807) is 12.3 Å². The zero-order valence-corrected chi connectivity index (χ0v) is 10.6. The highest BCUT2D eigenvalue weighted by molar-refractivity contribution is 5.83. The number of phenols is 2. The molecule has 2 aromatic rings. The Kier molecular flexibility index (Phi) is 4.03. The lowest BCUT2D eigenvalue weighted by Crippen LogP contribution is -1.89. The largest absolute Gasteiger partial charge is 0.504 e. The summed E-state index contributed by atoms with van der Waals surface area (Å²) < 4.78 is 5.34. The van der Waals surface area contributed by atoms with Crippen LogP contribution in [-0.2, 0) is 0 Å². The van der Waals surface area contributed by atoms with Crippen molar-refractivity contribution in [3.63, 3.8) is 0 Å². The smallest absolute Gasteiger partial charge is 0.158 e. The molecule has 2 rings (SSSR count). The maximum Gasteiger partial charge on any atom is 0.158 e. The number of aliphatic imine (C=N–C) groups is 1. The zero-order valence-electron chi connectivity index (χ0n) is 10.6. The SMILES string of the molecule is CCOc1ccc(N=Cc2ccc(O)c(O)c2)cc1. The predicted octanol–water partition coefficient (Wildman–Crippen LogP) is 3.25. The first-order valence-corrected chi connectivity index (χ1v) is 5.98. The average Bonchev–Trinajstić information content (AvgIpc) is 2.42. The van der Waals surface area contributed by atoms with Gasteiger partial charge in [-0.05, 0) is 55.0 Å². The summed E-state index contributed by atoms with van der Waals surface area (Å²) in [6.07, 6.45) is 1.62. The summed E-state index contributed by atoms with van der Waals surface area (Å²) in [7, 11) is 0. The highest BCUT2D eigenvalue weighted by atomic mass is 16.5. The van der Waals surface area contributed by atoms with Gasteiger partial charge in [0, 0.05) is 6.21 Å². The van der Waals surface area contributed by atoms with Crippen LogP contribution in [0, 0.1) is 0 Å². The van der Waals surface area contributed by atoms with E-state index in [2.05, 4.69) is 4.99 Å². The minimum atomic E-state index is -0.157. The molecule has 4 heteroatoms. The molecule has 0 aliphatic carbocycles. The molecule has 0 unspecified atom stereocenters. The van der Waals surface area contributed by atoms with Gasteiger partial charge in [0.2, 0.25) is 0 Å². The molecule has 0 aliphatic rings. The lowest BCUT2D eigenvalue weighted by Gasteiger charge is -2.02. The first-order chi connectivity index (χ1) is 9.19. The number of phenolic OH excluding ortho intramolecular Hbond substituents is 2. The van der Waals surface area contributed by atoms with Crippen molar-refractivity contribution in [2.24, 2.45) is 4.99 Å². The second-order valence-corrected chi connectivity index (χ2v) is 3.93. The summed E-state index contributed by atoms with van der Waals surface area (Å²) in [6.45, 7) is 2.57. The highest BCUT2D eigenvalue weighted by Crippen LogP contribution is 2.24. The number of benzene rings is 2. The van der Waals surface area contributed by atoms with E-state index in [0.29, 0.717) is 12.2 Å². The Labute approximate surface area is 111 Å². The van der Waals surface area contributed by atoms with Gasteiger partial charge in [0.15, 0.2) is 11.5 Å². The number of rotatable bonds is 4. The summed E-state index contributed by atoms with van der Waals surface area (Å²) in [5, 5.41) is 18.6. The summed E-state index contributed by atoms with van der Waals surface area (Å²) in [5.74, 6) is 0.512. The molecule has 0 bridgehead atoms. The van der Waals surface area contributed by atoms with Gasteiger partial charge in [0.1, 0.15) is 5.75 Å². The fraction of sp³-hybridized carbons (Fsp3) is 0.133. The second-order valence-electron chi connectivity index (χ2n) is 3.93. The fourth-order valence-electron chi connectivity index (χ4n) is 1.56. The minimum absolute atomic E-state index is 0.141.